The molecule has 0 bridgehead atoms. The van der Waals surface area contributed by atoms with E-state index in [0.29, 0.717) is 31.0 Å². The molecule has 200 valence electrons. The van der Waals surface area contributed by atoms with Crippen LogP contribution in [0.25, 0.3) is 11.1 Å². The Labute approximate surface area is 225 Å². The molecule has 1 saturated heterocycles. The standard InChI is InChI=1S/C31H34O6S/c32-31(33)30-18-29(30)22-6-8-24(9-7-22)36-19-20-4-5-21-2-1-3-23-17-26(10-11-27(23)28(21)16-20)37-25-12-14-38(34,35)15-13-25/h4-11,16-17,25,29-30,34-35H,1-3,12-15,18-19H2,(H,32,33). The Hall–Kier alpha value is -3.00. The predicted molar refractivity (Wildman–Crippen MR) is 149 cm³/mol. The average molecular weight is 535 g/mol. The molecule has 3 aliphatic rings. The van der Waals surface area contributed by atoms with E-state index in [0.717, 1.165) is 48.3 Å². The SMILES string of the molecule is O=C(O)C1CC1c1ccc(OCc2ccc3c(c2)-c2ccc(OC4CCS(O)(O)CC4)cc2CCC3)cc1. The Kier molecular flexibility index (Phi) is 6.84. The number of rotatable bonds is 7. The fourth-order valence-corrected chi connectivity index (χ4v) is 7.26. The summed E-state index contributed by atoms with van der Waals surface area (Å²) in [5.74, 6) is 1.66. The highest BCUT2D eigenvalue weighted by molar-refractivity contribution is 8.24. The maximum Gasteiger partial charge on any atom is 0.307 e. The molecule has 0 spiro atoms. The lowest BCUT2D eigenvalue weighted by molar-refractivity contribution is -0.138. The fraction of sp³-hybridized carbons (Fsp3) is 0.387. The number of ether oxygens (including phenoxy) is 2. The van der Waals surface area contributed by atoms with Gasteiger partial charge in [-0.1, -0.05) is 30.3 Å². The zero-order valence-electron chi connectivity index (χ0n) is 21.3. The molecule has 0 radical (unpaired) electrons. The van der Waals surface area contributed by atoms with Crippen molar-refractivity contribution in [1.29, 1.82) is 0 Å². The van der Waals surface area contributed by atoms with Gasteiger partial charge in [-0.3, -0.25) is 13.9 Å². The van der Waals surface area contributed by atoms with Gasteiger partial charge in [-0.15, -0.1) is 0 Å². The summed E-state index contributed by atoms with van der Waals surface area (Å²) in [6, 6.07) is 20.8. The number of fused-ring (bicyclic) bond motifs is 3. The van der Waals surface area contributed by atoms with Crippen LogP contribution in [-0.2, 0) is 24.2 Å². The summed E-state index contributed by atoms with van der Waals surface area (Å²) in [4.78, 5) is 11.1. The molecule has 0 amide bonds. The molecule has 6 rings (SSSR count). The lowest BCUT2D eigenvalue weighted by Crippen LogP contribution is -2.28. The molecule has 3 N–H and O–H groups in total. The van der Waals surface area contributed by atoms with Crippen molar-refractivity contribution in [2.24, 2.45) is 5.92 Å². The predicted octanol–water partition coefficient (Wildman–Crippen LogP) is 6.90. The van der Waals surface area contributed by atoms with Crippen molar-refractivity contribution in [3.05, 3.63) is 82.9 Å². The third kappa shape index (κ3) is 5.55. The monoisotopic (exact) mass is 534 g/mol. The second-order valence-corrected chi connectivity index (χ2v) is 13.3. The number of aliphatic carboxylic acids is 1. The molecule has 2 aliphatic carbocycles. The van der Waals surface area contributed by atoms with Gasteiger partial charge >= 0.3 is 5.97 Å². The number of carboxylic acids is 1. The van der Waals surface area contributed by atoms with Gasteiger partial charge in [0.15, 0.2) is 0 Å². The Morgan fingerprint density at radius 1 is 0.868 bits per heavy atom. The zero-order chi connectivity index (χ0) is 26.3. The highest BCUT2D eigenvalue weighted by Gasteiger charge is 2.44. The maximum atomic E-state index is 11.1. The van der Waals surface area contributed by atoms with Crippen LogP contribution in [0.3, 0.4) is 0 Å². The van der Waals surface area contributed by atoms with E-state index in [4.69, 9.17) is 14.6 Å². The van der Waals surface area contributed by atoms with Gasteiger partial charge in [-0.05, 0) is 95.3 Å². The second-order valence-electron chi connectivity index (χ2n) is 10.8. The lowest BCUT2D eigenvalue weighted by Gasteiger charge is -2.39. The van der Waals surface area contributed by atoms with E-state index >= 15 is 0 Å². The van der Waals surface area contributed by atoms with E-state index in [1.54, 1.807) is 0 Å². The van der Waals surface area contributed by atoms with Crippen LogP contribution in [0.15, 0.2) is 60.7 Å². The fourth-order valence-electron chi connectivity index (χ4n) is 5.78. The van der Waals surface area contributed by atoms with Crippen LogP contribution < -0.4 is 9.47 Å². The minimum atomic E-state index is -2.40. The molecule has 7 heteroatoms. The van der Waals surface area contributed by atoms with E-state index in [2.05, 4.69) is 30.3 Å². The number of carbonyl (C=O) groups is 1. The molecule has 1 aliphatic heterocycles. The first-order valence-corrected chi connectivity index (χ1v) is 15.3. The van der Waals surface area contributed by atoms with Crippen molar-refractivity contribution in [1.82, 2.24) is 0 Å². The van der Waals surface area contributed by atoms with Crippen LogP contribution in [-0.4, -0.2) is 37.8 Å². The number of aryl methyl sites for hydroxylation is 2. The molecule has 0 aromatic heterocycles. The lowest BCUT2D eigenvalue weighted by atomic mass is 9.95. The zero-order valence-corrected chi connectivity index (χ0v) is 22.2. The number of hydrogen-bond acceptors (Lipinski definition) is 5. The van der Waals surface area contributed by atoms with E-state index in [-0.39, 0.29) is 17.9 Å². The molecular formula is C31H34O6S. The van der Waals surface area contributed by atoms with Crippen molar-refractivity contribution in [2.45, 2.75) is 57.2 Å². The molecule has 3 aromatic rings. The average Bonchev–Trinajstić information content (AvgIpc) is 3.73. The van der Waals surface area contributed by atoms with Gasteiger partial charge < -0.3 is 14.6 Å². The Morgan fingerprint density at radius 3 is 2.34 bits per heavy atom. The highest BCUT2D eigenvalue weighted by atomic mass is 32.3. The molecule has 6 nitrogen and oxygen atoms in total. The van der Waals surface area contributed by atoms with Crippen molar-refractivity contribution < 1.29 is 28.5 Å². The number of hydrogen-bond donors (Lipinski definition) is 3. The molecular weight excluding hydrogens is 500 g/mol. The molecule has 2 fully saturated rings. The van der Waals surface area contributed by atoms with Gasteiger partial charge in [0.1, 0.15) is 24.2 Å². The molecule has 3 aromatic carbocycles. The van der Waals surface area contributed by atoms with Gasteiger partial charge in [0, 0.05) is 24.3 Å². The quantitative estimate of drug-likeness (QED) is 0.305. The Bertz CT molecular complexity index is 1320. The largest absolute Gasteiger partial charge is 0.490 e. The summed E-state index contributed by atoms with van der Waals surface area (Å²) < 4.78 is 32.1. The topological polar surface area (TPSA) is 96.2 Å². The van der Waals surface area contributed by atoms with Gasteiger partial charge in [-0.25, -0.2) is 0 Å². The molecule has 1 heterocycles. The van der Waals surface area contributed by atoms with Gasteiger partial charge in [0.05, 0.1) is 5.92 Å². The first-order valence-electron chi connectivity index (χ1n) is 13.5. The number of benzene rings is 3. The molecule has 2 atom stereocenters. The van der Waals surface area contributed by atoms with Crippen LogP contribution in [0.5, 0.6) is 11.5 Å². The highest BCUT2D eigenvalue weighted by Crippen LogP contribution is 2.48. The number of carboxylic acid groups (broad SMARTS) is 1. The van der Waals surface area contributed by atoms with E-state index < -0.39 is 16.6 Å². The summed E-state index contributed by atoms with van der Waals surface area (Å²) >= 11 is 0. The van der Waals surface area contributed by atoms with Crippen molar-refractivity contribution in [2.75, 3.05) is 11.5 Å². The third-order valence-electron chi connectivity index (χ3n) is 8.09. The Balaban J connectivity index is 1.13. The summed E-state index contributed by atoms with van der Waals surface area (Å²) in [6.07, 6.45) is 5.22. The molecule has 2 unspecified atom stereocenters. The molecule has 38 heavy (non-hydrogen) atoms. The van der Waals surface area contributed by atoms with Crippen LogP contribution in [0, 0.1) is 5.92 Å². The minimum absolute atomic E-state index is 0.0340. The summed E-state index contributed by atoms with van der Waals surface area (Å²) in [7, 11) is -2.40. The summed E-state index contributed by atoms with van der Waals surface area (Å²) in [5.41, 5.74) is 7.30. The van der Waals surface area contributed by atoms with Gasteiger partial charge in [-0.2, -0.15) is 10.6 Å². The smallest absolute Gasteiger partial charge is 0.307 e. The molecule has 1 saturated carbocycles. The van der Waals surface area contributed by atoms with Gasteiger partial charge in [0.2, 0.25) is 0 Å². The van der Waals surface area contributed by atoms with Crippen LogP contribution in [0.4, 0.5) is 0 Å². The summed E-state index contributed by atoms with van der Waals surface area (Å²) in [5, 5.41) is 9.16. The Morgan fingerprint density at radius 2 is 1.61 bits per heavy atom. The van der Waals surface area contributed by atoms with E-state index in [1.165, 1.54) is 22.3 Å². The van der Waals surface area contributed by atoms with Crippen LogP contribution in [0.2, 0.25) is 0 Å². The second kappa shape index (κ2) is 10.3. The summed E-state index contributed by atoms with van der Waals surface area (Å²) in [6.45, 7) is 0.463. The van der Waals surface area contributed by atoms with Crippen molar-refractivity contribution in [3.63, 3.8) is 0 Å². The normalized spacial score (nSPS) is 22.9. The van der Waals surface area contributed by atoms with Crippen molar-refractivity contribution >= 4 is 16.6 Å². The van der Waals surface area contributed by atoms with E-state index in [9.17, 15) is 13.9 Å². The third-order valence-corrected chi connectivity index (χ3v) is 9.87. The van der Waals surface area contributed by atoms with Crippen molar-refractivity contribution in [3.8, 4) is 22.6 Å². The van der Waals surface area contributed by atoms with Crippen LogP contribution in [0.1, 0.15) is 53.9 Å². The van der Waals surface area contributed by atoms with E-state index in [1.807, 2.05) is 30.3 Å². The van der Waals surface area contributed by atoms with Crippen LogP contribution >= 0.6 is 10.6 Å². The first kappa shape index (κ1) is 25.3. The first-order chi connectivity index (χ1) is 18.3. The van der Waals surface area contributed by atoms with Gasteiger partial charge in [0.25, 0.3) is 0 Å². The minimum Gasteiger partial charge on any atom is -0.490 e. The maximum absolute atomic E-state index is 11.1.